The van der Waals surface area contributed by atoms with Crippen LogP contribution >= 0.6 is 0 Å². The number of carbonyl (C=O) groups is 2. The zero-order chi connectivity index (χ0) is 27.9. The van der Waals surface area contributed by atoms with E-state index in [1.165, 1.54) is 4.90 Å². The minimum absolute atomic E-state index is 0.221. The van der Waals surface area contributed by atoms with Gasteiger partial charge >= 0.3 is 12.0 Å². The summed E-state index contributed by atoms with van der Waals surface area (Å²) < 4.78 is 11.0. The Labute approximate surface area is 234 Å². The molecule has 2 aliphatic rings. The quantitative estimate of drug-likeness (QED) is 0.243. The molecule has 0 spiro atoms. The molecule has 7 nitrogen and oxygen atoms in total. The smallest absolute Gasteiger partial charge is 0.337 e. The fourth-order valence-electron chi connectivity index (χ4n) is 4.57. The van der Waals surface area contributed by atoms with Crippen LogP contribution in [0.2, 0.25) is 0 Å². The summed E-state index contributed by atoms with van der Waals surface area (Å²) in [7, 11) is 0. The second-order valence-corrected chi connectivity index (χ2v) is 9.21. The van der Waals surface area contributed by atoms with Crippen LogP contribution < -0.4 is 4.90 Å². The second kappa shape index (κ2) is 12.3. The molecule has 1 atom stereocenters. The van der Waals surface area contributed by atoms with Crippen molar-refractivity contribution in [3.05, 3.63) is 120 Å². The van der Waals surface area contributed by atoms with E-state index < -0.39 is 0 Å². The number of hydrogen-bond acceptors (Lipinski definition) is 6. The van der Waals surface area contributed by atoms with E-state index in [0.29, 0.717) is 25.1 Å². The normalized spacial score (nSPS) is 18.6. The lowest BCUT2D eigenvalue weighted by molar-refractivity contribution is -0.138. The molecular formula is C33H31N3O4. The molecule has 0 N–H and O–H groups in total. The number of likely N-dealkylation sites (N-methyl/N-ethyl adjacent to an activating group) is 1. The fraction of sp³-hybridized carbons (Fsp3) is 0.182. The lowest BCUT2D eigenvalue weighted by Gasteiger charge is -2.25. The van der Waals surface area contributed by atoms with Gasteiger partial charge in [0.2, 0.25) is 0 Å². The third kappa shape index (κ3) is 5.89. The summed E-state index contributed by atoms with van der Waals surface area (Å²) in [6, 6.07) is 28.4. The van der Waals surface area contributed by atoms with Gasteiger partial charge in [-0.25, -0.2) is 9.79 Å². The minimum atomic E-state index is -0.348. The number of amides is 1. The molecule has 1 fully saturated rings. The van der Waals surface area contributed by atoms with Crippen LogP contribution in [0.25, 0.3) is 6.08 Å². The number of nitrogens with zero attached hydrogens (tertiary/aromatic N) is 3. The molecular weight excluding hydrogens is 502 g/mol. The van der Waals surface area contributed by atoms with Crippen molar-refractivity contribution in [2.75, 3.05) is 18.1 Å². The van der Waals surface area contributed by atoms with Crippen molar-refractivity contribution in [3.63, 3.8) is 0 Å². The maximum Gasteiger partial charge on any atom is 0.337 e. The predicted octanol–water partition coefficient (Wildman–Crippen LogP) is 6.55. The van der Waals surface area contributed by atoms with E-state index in [1.807, 2.05) is 73.7 Å². The van der Waals surface area contributed by atoms with Crippen molar-refractivity contribution >= 4 is 41.0 Å². The SMILES string of the molecule is CCOC(=O)C1=CCC(/N=C2/O/C(=C/c3ccc(N(c4ccccc4)c4ccccc4)cc3)C(=O)N2CC)C=C1. The van der Waals surface area contributed by atoms with Crippen molar-refractivity contribution in [1.29, 1.82) is 0 Å². The Balaban J connectivity index is 1.35. The number of anilines is 3. The first kappa shape index (κ1) is 26.7. The van der Waals surface area contributed by atoms with Crippen molar-refractivity contribution in [2.45, 2.75) is 26.3 Å². The summed E-state index contributed by atoms with van der Waals surface area (Å²) >= 11 is 0. The van der Waals surface area contributed by atoms with E-state index in [1.54, 1.807) is 25.2 Å². The van der Waals surface area contributed by atoms with Gasteiger partial charge in [0.15, 0.2) is 5.76 Å². The monoisotopic (exact) mass is 533 g/mol. The summed E-state index contributed by atoms with van der Waals surface area (Å²) in [4.78, 5) is 33.4. The number of esters is 1. The maximum absolute atomic E-state index is 13.1. The van der Waals surface area contributed by atoms with Crippen LogP contribution in [0, 0.1) is 0 Å². The molecule has 0 bridgehead atoms. The van der Waals surface area contributed by atoms with Gasteiger partial charge in [-0.1, -0.05) is 60.7 Å². The van der Waals surface area contributed by atoms with Gasteiger partial charge in [0.25, 0.3) is 5.91 Å². The fourth-order valence-corrected chi connectivity index (χ4v) is 4.57. The van der Waals surface area contributed by atoms with E-state index in [4.69, 9.17) is 9.47 Å². The van der Waals surface area contributed by atoms with Gasteiger partial charge in [0.1, 0.15) is 0 Å². The Morgan fingerprint density at radius 2 is 1.60 bits per heavy atom. The Morgan fingerprint density at radius 3 is 2.15 bits per heavy atom. The molecule has 1 unspecified atom stereocenters. The summed E-state index contributed by atoms with van der Waals surface area (Å²) in [5, 5.41) is 0. The average molecular weight is 534 g/mol. The lowest BCUT2D eigenvalue weighted by atomic mass is 10.0. The predicted molar refractivity (Wildman–Crippen MR) is 157 cm³/mol. The molecule has 1 aliphatic carbocycles. The van der Waals surface area contributed by atoms with Crippen LogP contribution in [-0.4, -0.2) is 42.0 Å². The molecule has 1 heterocycles. The first-order valence-corrected chi connectivity index (χ1v) is 13.4. The van der Waals surface area contributed by atoms with E-state index in [9.17, 15) is 9.59 Å². The first-order chi connectivity index (χ1) is 19.6. The standard InChI is InChI=1S/C33H31N3O4/c1-3-35-31(37)30(40-33(35)34-26-19-17-25(18-20-26)32(38)39-4-2)23-24-15-21-29(22-16-24)36(27-11-7-5-8-12-27)28-13-9-6-10-14-28/h5-19,21-23,26H,3-4,20H2,1-2H3/b30-23+,34-33+. The Hall–Kier alpha value is -4.91. The summed E-state index contributed by atoms with van der Waals surface area (Å²) in [5.41, 5.74) is 4.44. The number of benzene rings is 3. The number of carbonyl (C=O) groups excluding carboxylic acids is 2. The van der Waals surface area contributed by atoms with Crippen LogP contribution in [0.3, 0.4) is 0 Å². The summed E-state index contributed by atoms with van der Waals surface area (Å²) in [6.07, 6.45) is 7.58. The van der Waals surface area contributed by atoms with Crippen LogP contribution in [-0.2, 0) is 19.1 Å². The van der Waals surface area contributed by atoms with E-state index in [-0.39, 0.29) is 29.7 Å². The summed E-state index contributed by atoms with van der Waals surface area (Å²) in [5.74, 6) is -0.360. The maximum atomic E-state index is 13.1. The van der Waals surface area contributed by atoms with Gasteiger partial charge in [-0.3, -0.25) is 9.69 Å². The molecule has 7 heteroatoms. The number of amidine groups is 1. The minimum Gasteiger partial charge on any atom is -0.462 e. The third-order valence-corrected chi connectivity index (χ3v) is 6.55. The van der Waals surface area contributed by atoms with Crippen molar-refractivity contribution in [1.82, 2.24) is 4.90 Å². The number of rotatable bonds is 8. The highest BCUT2D eigenvalue weighted by Crippen LogP contribution is 2.34. The molecule has 202 valence electrons. The van der Waals surface area contributed by atoms with Gasteiger partial charge in [-0.2, -0.15) is 0 Å². The molecule has 1 aliphatic heterocycles. The third-order valence-electron chi connectivity index (χ3n) is 6.55. The highest BCUT2D eigenvalue weighted by atomic mass is 16.5. The van der Waals surface area contributed by atoms with Crippen LogP contribution in [0.1, 0.15) is 25.8 Å². The molecule has 1 amide bonds. The van der Waals surface area contributed by atoms with Gasteiger partial charge in [-0.05, 0) is 74.4 Å². The Kier molecular flexibility index (Phi) is 8.21. The Bertz CT molecular complexity index is 1440. The first-order valence-electron chi connectivity index (χ1n) is 13.4. The number of hydrogen-bond donors (Lipinski definition) is 0. The molecule has 40 heavy (non-hydrogen) atoms. The molecule has 0 saturated carbocycles. The molecule has 0 aromatic heterocycles. The van der Waals surface area contributed by atoms with E-state index in [2.05, 4.69) is 34.2 Å². The Morgan fingerprint density at radius 1 is 0.975 bits per heavy atom. The zero-order valence-electron chi connectivity index (χ0n) is 22.6. The molecule has 3 aromatic rings. The number of para-hydroxylation sites is 2. The van der Waals surface area contributed by atoms with E-state index >= 15 is 0 Å². The van der Waals surface area contributed by atoms with Crippen LogP contribution in [0.15, 0.2) is 119 Å². The van der Waals surface area contributed by atoms with Crippen molar-refractivity contribution in [3.8, 4) is 0 Å². The molecule has 5 rings (SSSR count). The van der Waals surface area contributed by atoms with Gasteiger partial charge in [0.05, 0.1) is 18.2 Å². The second-order valence-electron chi connectivity index (χ2n) is 9.21. The molecule has 1 saturated heterocycles. The highest BCUT2D eigenvalue weighted by molar-refractivity contribution is 6.11. The lowest BCUT2D eigenvalue weighted by Crippen LogP contribution is -2.30. The van der Waals surface area contributed by atoms with Crippen molar-refractivity contribution in [2.24, 2.45) is 4.99 Å². The molecule has 0 radical (unpaired) electrons. The van der Waals surface area contributed by atoms with Gasteiger partial charge in [0, 0.05) is 23.6 Å². The van der Waals surface area contributed by atoms with Crippen molar-refractivity contribution < 1.29 is 19.1 Å². The largest absolute Gasteiger partial charge is 0.462 e. The number of ether oxygens (including phenoxy) is 2. The topological polar surface area (TPSA) is 71.4 Å². The number of aliphatic imine (C=N–C) groups is 1. The highest BCUT2D eigenvalue weighted by Gasteiger charge is 2.34. The van der Waals surface area contributed by atoms with Gasteiger partial charge in [-0.15, -0.1) is 0 Å². The van der Waals surface area contributed by atoms with Crippen LogP contribution in [0.5, 0.6) is 0 Å². The average Bonchev–Trinajstić information content (AvgIpc) is 3.28. The molecule has 3 aromatic carbocycles. The van der Waals surface area contributed by atoms with Gasteiger partial charge < -0.3 is 14.4 Å². The van der Waals surface area contributed by atoms with Crippen LogP contribution in [0.4, 0.5) is 17.1 Å². The zero-order valence-corrected chi connectivity index (χ0v) is 22.6. The summed E-state index contributed by atoms with van der Waals surface area (Å²) in [6.45, 7) is 4.41. The van der Waals surface area contributed by atoms with E-state index in [0.717, 1.165) is 22.6 Å².